The van der Waals surface area contributed by atoms with Gasteiger partial charge >= 0.3 is 10.4 Å². The molecule has 6 heterocycles. The van der Waals surface area contributed by atoms with E-state index in [1.165, 1.54) is 56.7 Å². The van der Waals surface area contributed by atoms with E-state index in [-0.39, 0.29) is 189 Å². The molecule has 1 saturated heterocycles. The van der Waals surface area contributed by atoms with Crippen LogP contribution in [0, 0.1) is 6.92 Å². The number of sulfone groups is 1. The molecule has 0 aliphatic carbocycles. The van der Waals surface area contributed by atoms with E-state index in [0.29, 0.717) is 85.9 Å². The maximum atomic E-state index is 14.6. The van der Waals surface area contributed by atoms with Gasteiger partial charge in [-0.2, -0.15) is 0 Å². The first-order valence-electron chi connectivity index (χ1n) is 41.2. The van der Waals surface area contributed by atoms with Crippen LogP contribution in [0.2, 0.25) is 0 Å². The summed E-state index contributed by atoms with van der Waals surface area (Å²) in [6.07, 6.45) is -2.00. The van der Waals surface area contributed by atoms with E-state index < -0.39 is 74.8 Å². The Morgan fingerprint density at radius 1 is 0.508 bits per heavy atom. The molecule has 2 amide bonds. The highest BCUT2D eigenvalue weighted by Gasteiger charge is 2.46. The van der Waals surface area contributed by atoms with Gasteiger partial charge in [0.1, 0.15) is 49.1 Å². The van der Waals surface area contributed by atoms with Crippen molar-refractivity contribution in [1.82, 2.24) is 24.8 Å². The highest BCUT2D eigenvalue weighted by atomic mass is 32.3. The minimum Gasteiger partial charge on any atom is -0.493 e. The van der Waals surface area contributed by atoms with Gasteiger partial charge in [0.15, 0.2) is 61.7 Å². The Balaban J connectivity index is 0.556. The lowest BCUT2D eigenvalue weighted by molar-refractivity contribution is -0.277. The van der Waals surface area contributed by atoms with Gasteiger partial charge in [0, 0.05) is 86.8 Å². The third kappa shape index (κ3) is 22.9. The molecule has 0 spiro atoms. The van der Waals surface area contributed by atoms with Crippen LogP contribution in [0.25, 0.3) is 0 Å². The summed E-state index contributed by atoms with van der Waals surface area (Å²) < 4.78 is 132. The zero-order valence-corrected chi connectivity index (χ0v) is 71.1. The lowest BCUT2D eigenvalue weighted by atomic mass is 9.94. The number of hydrogen-bond acceptors (Lipinski definition) is 30. The molecular formula is C91H97N7O26S2. The number of nitrogens with zero attached hydrogens (tertiary/aromatic N) is 7. The predicted octanol–water partition coefficient (Wildman–Crippen LogP) is 9.16. The molecule has 8 aromatic carbocycles. The molecule has 14 rings (SSSR count). The molecule has 0 radical (unpaired) electrons. The largest absolute Gasteiger partial charge is 0.501 e. The first-order chi connectivity index (χ1) is 61.0. The number of ether oxygens (including phenoxy) is 11. The standard InChI is InChI=1S/C91H97N7O26S2/c1-57-19-22-71(23-20-57)125(108,109)36-25-78(102)63-16-8-15-62(40-63)76(100)17-9-28-115-34-35-118-56-67-52-96(95-94-67)26-29-116-31-33-117-32-30-114-27-10-18-77(101)64-21-24-79(121-91-88(105)87(104)86(103)85(53-99)122-91)84(43-64)124-126(110,111)123-70-38-58(54-119-82-46-74-72(44-80(82)112-2)89(106)97-50-65-13-6-4-11-60(65)41-68(97)48-92-74)37-59(39-70)55-120-83-47-75-73(45-81(83)113-3)90(107)98-51-66-14-7-5-12-61(66)42-69(98)49-93-75/h4-8,11-16,19-24,37-40,43-49,52,68-69,85-88,91,99,103-105H,9-10,17-18,25-36,41-42,50-51,53-56H2,1-3H3/t68-,69?,85+,86-,87-,88+,91?/m0/s1. The number of carbonyl (C=O) groups is 5. The van der Waals surface area contributed by atoms with Crippen molar-refractivity contribution < 1.29 is 122 Å². The molecule has 0 bridgehead atoms. The van der Waals surface area contributed by atoms with Crippen LogP contribution in [0.5, 0.6) is 40.2 Å². The highest BCUT2D eigenvalue weighted by molar-refractivity contribution is 7.91. The maximum absolute atomic E-state index is 14.6. The summed E-state index contributed by atoms with van der Waals surface area (Å²) in [5.74, 6) is -2.54. The number of methoxy groups -OCH3 is 2. The molecule has 33 nitrogen and oxygen atoms in total. The summed E-state index contributed by atoms with van der Waals surface area (Å²) >= 11 is 0. The number of ketones is 3. The predicted molar refractivity (Wildman–Crippen MR) is 455 cm³/mol. The van der Waals surface area contributed by atoms with E-state index >= 15 is 0 Å². The number of Topliss-reactive ketones (excluding diaryl/α,β-unsaturated/α-hetero) is 3. The van der Waals surface area contributed by atoms with Crippen molar-refractivity contribution in [2.24, 2.45) is 9.98 Å². The number of amides is 2. The SMILES string of the molecule is COc1cc2c(cc1OCc1cc(COc3cc4c(cc3OC)C(=O)N3Cc5ccccc5C[C@H]3C=N4)cc(OS(=O)(=O)Oc3cc(C(=O)CCCOCCOCCOCCn4cc(COCCOCCCC(=O)c5cccc(C(=O)CCS(=O)(=O)c6ccc(C)cc6)c5)nn4)ccc3OC3O[C@H](CO)[C@H](O)[C@H](O)[C@H]3O)c1)N=CC1Cc3ccccc3CN1C2=O. The van der Waals surface area contributed by atoms with Crippen molar-refractivity contribution in [3.8, 4) is 40.2 Å². The van der Waals surface area contributed by atoms with E-state index in [1.807, 2.05) is 55.5 Å². The van der Waals surface area contributed by atoms with Crippen LogP contribution < -0.4 is 32.1 Å². The molecule has 664 valence electrons. The number of aromatic nitrogens is 3. The molecule has 4 N–H and O–H groups in total. The van der Waals surface area contributed by atoms with E-state index in [1.54, 1.807) is 93.8 Å². The van der Waals surface area contributed by atoms with Gasteiger partial charge in [-0.15, -0.1) is 13.5 Å². The number of rotatable bonds is 44. The average molecular weight is 1770 g/mol. The molecule has 126 heavy (non-hydrogen) atoms. The average Bonchev–Trinajstić information content (AvgIpc) is 1.61. The van der Waals surface area contributed by atoms with Gasteiger partial charge in [0.2, 0.25) is 6.29 Å². The normalized spacial score (nSPS) is 18.2. The molecule has 7 atom stereocenters. The molecule has 0 saturated carbocycles. The summed E-state index contributed by atoms with van der Waals surface area (Å²) in [6, 6.07) is 42.2. The van der Waals surface area contributed by atoms with E-state index in [0.717, 1.165) is 33.9 Å². The van der Waals surface area contributed by atoms with Crippen LogP contribution in [0.3, 0.4) is 0 Å². The topological polar surface area (TPSA) is 416 Å². The highest BCUT2D eigenvalue weighted by Crippen LogP contribution is 2.43. The Labute approximate surface area is 727 Å². The first-order valence-corrected chi connectivity index (χ1v) is 44.1. The number of aliphatic hydroxyl groups is 4. The summed E-state index contributed by atoms with van der Waals surface area (Å²) in [4.78, 5) is 81.7. The van der Waals surface area contributed by atoms with Crippen LogP contribution in [0.1, 0.15) is 129 Å². The monoisotopic (exact) mass is 1770 g/mol. The van der Waals surface area contributed by atoms with Gasteiger partial charge in [0.05, 0.1) is 132 Å². The second-order valence-electron chi connectivity index (χ2n) is 30.6. The first kappa shape index (κ1) is 90.5. The molecule has 2 unspecified atom stereocenters. The van der Waals surface area contributed by atoms with Crippen molar-refractivity contribution in [1.29, 1.82) is 0 Å². The second-order valence-corrected chi connectivity index (χ2v) is 33.8. The van der Waals surface area contributed by atoms with Crippen molar-refractivity contribution >= 4 is 73.2 Å². The Morgan fingerprint density at radius 3 is 1.59 bits per heavy atom. The molecule has 1 fully saturated rings. The Hall–Kier alpha value is -11.7. The number of aliphatic hydroxyl groups excluding tert-OH is 4. The number of benzene rings is 8. The zero-order valence-electron chi connectivity index (χ0n) is 69.5. The second kappa shape index (κ2) is 42.1. The minimum atomic E-state index is -5.31. The number of carbonyl (C=O) groups excluding carboxylic acids is 5. The maximum Gasteiger partial charge on any atom is 0.501 e. The minimum absolute atomic E-state index is 0.0559. The van der Waals surface area contributed by atoms with Crippen LogP contribution in [0.15, 0.2) is 179 Å². The zero-order chi connectivity index (χ0) is 88.4. The molecule has 9 aromatic rings. The molecule has 5 aliphatic heterocycles. The van der Waals surface area contributed by atoms with Gasteiger partial charge in [-0.1, -0.05) is 89.6 Å². The summed E-state index contributed by atoms with van der Waals surface area (Å²) in [6.45, 7) is 4.08. The van der Waals surface area contributed by atoms with Crippen LogP contribution in [-0.4, -0.2) is 232 Å². The van der Waals surface area contributed by atoms with Gasteiger partial charge in [-0.25, -0.2) is 13.1 Å². The summed E-state index contributed by atoms with van der Waals surface area (Å²) in [5, 5.41) is 50.6. The molecule has 35 heteroatoms. The fraction of sp³-hybridized carbons (Fsp3) is 0.374. The number of aliphatic imine (C=N–C) groups is 2. The van der Waals surface area contributed by atoms with Gasteiger partial charge < -0.3 is 90.7 Å². The third-order valence-corrected chi connectivity index (χ3v) is 24.3. The van der Waals surface area contributed by atoms with E-state index in [2.05, 4.69) is 10.3 Å². The number of hydrogen-bond donors (Lipinski definition) is 4. The smallest absolute Gasteiger partial charge is 0.493 e. The Bertz CT molecular complexity index is 5550. The lowest BCUT2D eigenvalue weighted by Gasteiger charge is -2.39. The van der Waals surface area contributed by atoms with Crippen molar-refractivity contribution in [2.45, 2.75) is 139 Å². The molecule has 5 aliphatic rings. The van der Waals surface area contributed by atoms with Crippen molar-refractivity contribution in [3.05, 3.63) is 236 Å². The number of fused-ring (bicyclic) bond motifs is 6. The van der Waals surface area contributed by atoms with Gasteiger partial charge in [-0.05, 0) is 133 Å². The van der Waals surface area contributed by atoms with Crippen LogP contribution in [-0.2, 0) is 101 Å². The third-order valence-electron chi connectivity index (χ3n) is 21.7. The van der Waals surface area contributed by atoms with Crippen molar-refractivity contribution in [3.63, 3.8) is 0 Å². The fourth-order valence-corrected chi connectivity index (χ4v) is 16.9. The Kier molecular flexibility index (Phi) is 30.2. The summed E-state index contributed by atoms with van der Waals surface area (Å²) in [7, 11) is -6.11. The molecule has 1 aromatic heterocycles. The van der Waals surface area contributed by atoms with Crippen LogP contribution >= 0.6 is 0 Å². The Morgan fingerprint density at radius 2 is 1.03 bits per heavy atom. The fourth-order valence-electron chi connectivity index (χ4n) is 15.0. The van der Waals surface area contributed by atoms with Crippen molar-refractivity contribution in [2.75, 3.05) is 86.0 Å². The summed E-state index contributed by atoms with van der Waals surface area (Å²) in [5.41, 5.74) is 8.24. The van der Waals surface area contributed by atoms with Gasteiger partial charge in [-0.3, -0.25) is 34.0 Å². The quantitative estimate of drug-likeness (QED) is 0.0204. The molecular weight excluding hydrogens is 1670 g/mol. The van der Waals surface area contributed by atoms with Gasteiger partial charge in [0.25, 0.3) is 11.8 Å². The van der Waals surface area contributed by atoms with E-state index in [4.69, 9.17) is 70.5 Å². The number of aryl methyl sites for hydroxylation is 1. The van der Waals surface area contributed by atoms with Crippen LogP contribution in [0.4, 0.5) is 11.4 Å². The van der Waals surface area contributed by atoms with E-state index in [9.17, 15) is 61.2 Å². The lowest BCUT2D eigenvalue weighted by Crippen LogP contribution is -2.60.